The minimum absolute atomic E-state index is 0.00940. The molecule has 112 valence electrons. The molecule has 0 bridgehead atoms. The van der Waals surface area contributed by atoms with Crippen LogP contribution in [0.15, 0.2) is 34.5 Å². The summed E-state index contributed by atoms with van der Waals surface area (Å²) in [5, 5.41) is 2.54. The SMILES string of the molecule is Cc1ccc(F)c(C(=O)NCc2ccc(S(=O)(=O)Cl)s2)c1. The Morgan fingerprint density at radius 3 is 2.67 bits per heavy atom. The van der Waals surface area contributed by atoms with Gasteiger partial charge in [0.2, 0.25) is 0 Å². The molecule has 0 unspecified atom stereocenters. The van der Waals surface area contributed by atoms with Gasteiger partial charge in [-0.3, -0.25) is 4.79 Å². The molecule has 21 heavy (non-hydrogen) atoms. The number of hydrogen-bond acceptors (Lipinski definition) is 4. The highest BCUT2D eigenvalue weighted by atomic mass is 35.7. The minimum atomic E-state index is -3.77. The number of halogens is 2. The Hall–Kier alpha value is -1.44. The van der Waals surface area contributed by atoms with Gasteiger partial charge in [0.15, 0.2) is 0 Å². The maximum absolute atomic E-state index is 13.6. The number of amides is 1. The van der Waals surface area contributed by atoms with Crippen LogP contribution >= 0.6 is 22.0 Å². The van der Waals surface area contributed by atoms with Crippen molar-refractivity contribution in [1.29, 1.82) is 0 Å². The standard InChI is InChI=1S/C13H11ClFNO3S2/c1-8-2-4-11(15)10(6-8)13(17)16-7-9-3-5-12(20-9)21(14,18)19/h2-6H,7H2,1H3,(H,16,17). The van der Waals surface area contributed by atoms with E-state index in [2.05, 4.69) is 5.32 Å². The second-order valence-electron chi connectivity index (χ2n) is 4.32. The first kappa shape index (κ1) is 15.9. The molecule has 1 aromatic heterocycles. The number of benzene rings is 1. The number of carbonyl (C=O) groups is 1. The highest BCUT2D eigenvalue weighted by Crippen LogP contribution is 2.24. The fourth-order valence-electron chi connectivity index (χ4n) is 1.66. The molecular weight excluding hydrogens is 337 g/mol. The van der Waals surface area contributed by atoms with Gasteiger partial charge < -0.3 is 5.32 Å². The van der Waals surface area contributed by atoms with Gasteiger partial charge in [-0.25, -0.2) is 12.8 Å². The van der Waals surface area contributed by atoms with Crippen LogP contribution in [0.2, 0.25) is 0 Å². The van der Waals surface area contributed by atoms with Crippen LogP contribution < -0.4 is 5.32 Å². The number of hydrogen-bond donors (Lipinski definition) is 1. The van der Waals surface area contributed by atoms with Crippen molar-refractivity contribution in [3.63, 3.8) is 0 Å². The largest absolute Gasteiger partial charge is 0.347 e. The number of carbonyl (C=O) groups excluding carboxylic acids is 1. The number of nitrogens with one attached hydrogen (secondary N) is 1. The van der Waals surface area contributed by atoms with E-state index >= 15 is 0 Å². The van der Waals surface area contributed by atoms with Gasteiger partial charge in [0.25, 0.3) is 15.0 Å². The van der Waals surface area contributed by atoms with E-state index in [9.17, 15) is 17.6 Å². The van der Waals surface area contributed by atoms with Crippen molar-refractivity contribution < 1.29 is 17.6 Å². The third-order valence-corrected chi connectivity index (χ3v) is 5.84. The summed E-state index contributed by atoms with van der Waals surface area (Å²) in [6.45, 7) is 1.86. The maximum atomic E-state index is 13.6. The van der Waals surface area contributed by atoms with E-state index in [1.807, 2.05) is 0 Å². The molecule has 4 nitrogen and oxygen atoms in total. The number of rotatable bonds is 4. The summed E-state index contributed by atoms with van der Waals surface area (Å²) in [6.07, 6.45) is 0. The molecule has 1 amide bonds. The Kier molecular flexibility index (Phi) is 4.65. The smallest absolute Gasteiger partial charge is 0.270 e. The van der Waals surface area contributed by atoms with Crippen LogP contribution in [0.25, 0.3) is 0 Å². The predicted molar refractivity (Wildman–Crippen MR) is 79.7 cm³/mol. The van der Waals surface area contributed by atoms with Crippen LogP contribution in [0.3, 0.4) is 0 Å². The van der Waals surface area contributed by atoms with E-state index < -0.39 is 20.8 Å². The lowest BCUT2D eigenvalue weighted by Gasteiger charge is -2.05. The van der Waals surface area contributed by atoms with E-state index in [4.69, 9.17) is 10.7 Å². The average Bonchev–Trinajstić information content (AvgIpc) is 2.87. The fourth-order valence-corrected chi connectivity index (χ4v) is 3.72. The number of thiophene rings is 1. The van der Waals surface area contributed by atoms with Crippen molar-refractivity contribution >= 4 is 37.0 Å². The quantitative estimate of drug-likeness (QED) is 0.864. The van der Waals surface area contributed by atoms with Crippen molar-refractivity contribution in [1.82, 2.24) is 5.32 Å². The zero-order valence-electron chi connectivity index (χ0n) is 10.9. The van der Waals surface area contributed by atoms with Gasteiger partial charge in [-0.2, -0.15) is 0 Å². The zero-order chi connectivity index (χ0) is 15.6. The Morgan fingerprint density at radius 2 is 2.05 bits per heavy atom. The van der Waals surface area contributed by atoms with E-state index in [1.54, 1.807) is 19.1 Å². The van der Waals surface area contributed by atoms with Crippen LogP contribution in [0.1, 0.15) is 20.8 Å². The molecule has 0 saturated heterocycles. The van der Waals surface area contributed by atoms with Crippen LogP contribution in [-0.4, -0.2) is 14.3 Å². The van der Waals surface area contributed by atoms with Crippen molar-refractivity contribution in [3.8, 4) is 0 Å². The summed E-state index contributed by atoms with van der Waals surface area (Å²) in [7, 11) is 1.45. The van der Waals surface area contributed by atoms with Gasteiger partial charge in [-0.15, -0.1) is 11.3 Å². The third-order valence-electron chi connectivity index (χ3n) is 2.67. The second-order valence-corrected chi connectivity index (χ2v) is 8.29. The Morgan fingerprint density at radius 1 is 1.33 bits per heavy atom. The average molecular weight is 348 g/mol. The summed E-state index contributed by atoms with van der Waals surface area (Å²) in [6, 6.07) is 7.17. The van der Waals surface area contributed by atoms with Crippen LogP contribution in [0, 0.1) is 12.7 Å². The third kappa shape index (κ3) is 4.03. The Labute approximate surface area is 130 Å². The molecule has 8 heteroatoms. The van der Waals surface area contributed by atoms with E-state index in [0.29, 0.717) is 4.88 Å². The van der Waals surface area contributed by atoms with Crippen molar-refractivity contribution in [3.05, 3.63) is 52.2 Å². The number of aryl methyl sites for hydroxylation is 1. The summed E-state index contributed by atoms with van der Waals surface area (Å²) < 4.78 is 35.8. The highest BCUT2D eigenvalue weighted by molar-refractivity contribution is 8.15. The Balaban J connectivity index is 2.08. The molecule has 1 N–H and O–H groups in total. The normalized spacial score (nSPS) is 11.4. The molecule has 0 saturated carbocycles. The van der Waals surface area contributed by atoms with Crippen LogP contribution in [0.4, 0.5) is 4.39 Å². The Bertz CT molecular complexity index is 786. The first-order chi connectivity index (χ1) is 9.77. The lowest BCUT2D eigenvalue weighted by molar-refractivity contribution is 0.0947. The molecule has 0 radical (unpaired) electrons. The lowest BCUT2D eigenvalue weighted by atomic mass is 10.1. The minimum Gasteiger partial charge on any atom is -0.347 e. The van der Waals surface area contributed by atoms with E-state index in [0.717, 1.165) is 16.9 Å². The summed E-state index contributed by atoms with van der Waals surface area (Å²) in [4.78, 5) is 12.5. The highest BCUT2D eigenvalue weighted by Gasteiger charge is 2.15. The van der Waals surface area contributed by atoms with Crippen LogP contribution in [-0.2, 0) is 15.6 Å². The first-order valence-electron chi connectivity index (χ1n) is 5.85. The molecule has 1 aromatic carbocycles. The molecular formula is C13H11ClFNO3S2. The van der Waals surface area contributed by atoms with Gasteiger partial charge in [-0.05, 0) is 31.2 Å². The molecule has 0 aliphatic heterocycles. The molecule has 0 spiro atoms. The molecule has 0 aliphatic carbocycles. The van der Waals surface area contributed by atoms with Crippen molar-refractivity contribution in [2.45, 2.75) is 17.7 Å². The van der Waals surface area contributed by atoms with E-state index in [-0.39, 0.29) is 16.3 Å². The summed E-state index contributed by atoms with van der Waals surface area (Å²) >= 11 is 0.956. The zero-order valence-corrected chi connectivity index (χ0v) is 13.3. The van der Waals surface area contributed by atoms with Crippen molar-refractivity contribution in [2.24, 2.45) is 0 Å². The van der Waals surface area contributed by atoms with E-state index in [1.165, 1.54) is 18.2 Å². The second kappa shape index (κ2) is 6.13. The van der Waals surface area contributed by atoms with Gasteiger partial charge in [0.05, 0.1) is 12.1 Å². The first-order valence-corrected chi connectivity index (χ1v) is 8.97. The summed E-state index contributed by atoms with van der Waals surface area (Å²) in [5.41, 5.74) is 0.727. The van der Waals surface area contributed by atoms with Gasteiger partial charge in [-0.1, -0.05) is 11.6 Å². The lowest BCUT2D eigenvalue weighted by Crippen LogP contribution is -2.23. The molecule has 0 atom stereocenters. The molecule has 0 aliphatic rings. The molecule has 2 rings (SSSR count). The molecule has 0 fully saturated rings. The molecule has 1 heterocycles. The van der Waals surface area contributed by atoms with Crippen LogP contribution in [0.5, 0.6) is 0 Å². The predicted octanol–water partition coefficient (Wildman–Crippen LogP) is 3.05. The van der Waals surface area contributed by atoms with Gasteiger partial charge in [0.1, 0.15) is 10.0 Å². The maximum Gasteiger partial charge on any atom is 0.270 e. The monoisotopic (exact) mass is 347 g/mol. The van der Waals surface area contributed by atoms with Gasteiger partial charge >= 0.3 is 0 Å². The van der Waals surface area contributed by atoms with Crippen molar-refractivity contribution in [2.75, 3.05) is 0 Å². The summed E-state index contributed by atoms with van der Waals surface area (Å²) in [5.74, 6) is -1.16. The van der Waals surface area contributed by atoms with Gasteiger partial charge in [0, 0.05) is 15.6 Å². The topological polar surface area (TPSA) is 63.2 Å². The molecule has 2 aromatic rings. The fraction of sp³-hybridized carbons (Fsp3) is 0.154.